The molecule has 0 N–H and O–H groups in total. The predicted octanol–water partition coefficient (Wildman–Crippen LogP) is 3.16. The third-order valence-electron chi connectivity index (χ3n) is 4.83. The van der Waals surface area contributed by atoms with Crippen LogP contribution in [0, 0.1) is 6.92 Å². The maximum Gasteiger partial charge on any atom is 0.223 e. The van der Waals surface area contributed by atoms with Crippen LogP contribution in [0.25, 0.3) is 0 Å². The number of carbonyl (C=O) groups is 1. The molecule has 0 unspecified atom stereocenters. The van der Waals surface area contributed by atoms with E-state index in [1.807, 2.05) is 25.1 Å². The lowest BCUT2D eigenvalue weighted by Crippen LogP contribution is -2.49. The van der Waals surface area contributed by atoms with E-state index in [0.29, 0.717) is 31.2 Å². The van der Waals surface area contributed by atoms with Crippen molar-refractivity contribution < 1.29 is 13.2 Å². The van der Waals surface area contributed by atoms with Crippen molar-refractivity contribution in [3.63, 3.8) is 0 Å². The number of anilines is 1. The van der Waals surface area contributed by atoms with Gasteiger partial charge in [-0.1, -0.05) is 35.9 Å². The summed E-state index contributed by atoms with van der Waals surface area (Å²) >= 11 is 6.10. The smallest absolute Gasteiger partial charge is 0.223 e. The van der Waals surface area contributed by atoms with Crippen LogP contribution in [0.4, 0.5) is 5.69 Å². The van der Waals surface area contributed by atoms with Gasteiger partial charge in [-0.2, -0.15) is 0 Å². The van der Waals surface area contributed by atoms with E-state index in [-0.39, 0.29) is 23.0 Å². The van der Waals surface area contributed by atoms with Gasteiger partial charge in [-0.25, -0.2) is 8.42 Å². The third kappa shape index (κ3) is 4.82. The summed E-state index contributed by atoms with van der Waals surface area (Å²) in [5, 5.41) is 0.695. The summed E-state index contributed by atoms with van der Waals surface area (Å²) in [7, 11) is -3.43. The van der Waals surface area contributed by atoms with Gasteiger partial charge in [-0.3, -0.25) is 4.79 Å². The molecule has 1 saturated heterocycles. The fraction of sp³-hybridized carbons (Fsp3) is 0.350. The second kappa shape index (κ2) is 8.31. The largest absolute Gasteiger partial charge is 0.368 e. The molecule has 0 aromatic heterocycles. The average Bonchev–Trinajstić information content (AvgIpc) is 2.69. The van der Waals surface area contributed by atoms with E-state index in [2.05, 4.69) is 4.90 Å². The highest BCUT2D eigenvalue weighted by Gasteiger charge is 2.24. The molecule has 0 radical (unpaired) electrons. The van der Waals surface area contributed by atoms with Gasteiger partial charge in [0, 0.05) is 43.3 Å². The predicted molar refractivity (Wildman–Crippen MR) is 108 cm³/mol. The van der Waals surface area contributed by atoms with Crippen molar-refractivity contribution in [2.24, 2.45) is 0 Å². The van der Waals surface area contributed by atoms with Gasteiger partial charge in [0.25, 0.3) is 0 Å². The van der Waals surface area contributed by atoms with Crippen LogP contribution < -0.4 is 4.90 Å². The second-order valence-electron chi connectivity index (χ2n) is 6.68. The summed E-state index contributed by atoms with van der Waals surface area (Å²) in [6.45, 7) is 4.61. The van der Waals surface area contributed by atoms with Gasteiger partial charge in [0.15, 0.2) is 9.84 Å². The molecule has 5 nitrogen and oxygen atoms in total. The Morgan fingerprint density at radius 2 is 1.70 bits per heavy atom. The maximum absolute atomic E-state index is 12.5. The number of aryl methyl sites for hydroxylation is 1. The molecule has 1 fully saturated rings. The second-order valence-corrected chi connectivity index (χ2v) is 9.23. The highest BCUT2D eigenvalue weighted by molar-refractivity contribution is 7.91. The molecule has 1 amide bonds. The fourth-order valence-electron chi connectivity index (χ4n) is 3.25. The van der Waals surface area contributed by atoms with Crippen LogP contribution in [0.1, 0.15) is 12.0 Å². The van der Waals surface area contributed by atoms with Crippen LogP contribution in [0.15, 0.2) is 53.4 Å². The van der Waals surface area contributed by atoms with Gasteiger partial charge in [0.1, 0.15) is 0 Å². The summed E-state index contributed by atoms with van der Waals surface area (Å²) in [4.78, 5) is 16.7. The Hall–Kier alpha value is -2.05. The number of benzene rings is 2. The Morgan fingerprint density at radius 1 is 1.04 bits per heavy atom. The summed E-state index contributed by atoms with van der Waals surface area (Å²) < 4.78 is 24.7. The lowest BCUT2D eigenvalue weighted by atomic mass is 10.1. The van der Waals surface area contributed by atoms with Crippen LogP contribution in [-0.4, -0.2) is 51.2 Å². The first-order valence-electron chi connectivity index (χ1n) is 8.93. The number of halogens is 1. The molecular weight excluding hydrogens is 384 g/mol. The molecule has 1 aliphatic rings. The number of hydrogen-bond acceptors (Lipinski definition) is 4. The van der Waals surface area contributed by atoms with Crippen molar-refractivity contribution >= 4 is 33.0 Å². The number of nitrogens with zero attached hydrogens (tertiary/aromatic N) is 2. The molecule has 0 aliphatic carbocycles. The van der Waals surface area contributed by atoms with Gasteiger partial charge in [0.05, 0.1) is 10.6 Å². The molecule has 0 saturated carbocycles. The van der Waals surface area contributed by atoms with E-state index in [1.165, 1.54) is 0 Å². The number of carbonyl (C=O) groups excluding carboxylic acids is 1. The molecule has 7 heteroatoms. The van der Waals surface area contributed by atoms with Gasteiger partial charge < -0.3 is 9.80 Å². The Kier molecular flexibility index (Phi) is 6.07. The monoisotopic (exact) mass is 406 g/mol. The van der Waals surface area contributed by atoms with Gasteiger partial charge in [0.2, 0.25) is 5.91 Å². The Morgan fingerprint density at radius 3 is 2.37 bits per heavy atom. The zero-order valence-corrected chi connectivity index (χ0v) is 16.8. The van der Waals surface area contributed by atoms with E-state index in [4.69, 9.17) is 11.6 Å². The maximum atomic E-state index is 12.5. The van der Waals surface area contributed by atoms with Crippen molar-refractivity contribution in [3.8, 4) is 0 Å². The first kappa shape index (κ1) is 19.7. The third-order valence-corrected chi connectivity index (χ3v) is 6.80. The first-order valence-corrected chi connectivity index (χ1v) is 11.0. The van der Waals surface area contributed by atoms with Crippen LogP contribution in [0.2, 0.25) is 5.02 Å². The molecule has 0 bridgehead atoms. The minimum atomic E-state index is -3.43. The zero-order valence-electron chi connectivity index (χ0n) is 15.3. The number of rotatable bonds is 5. The minimum absolute atomic E-state index is 0.00736. The van der Waals surface area contributed by atoms with Crippen molar-refractivity contribution in [3.05, 3.63) is 59.1 Å². The fourth-order valence-corrected chi connectivity index (χ4v) is 4.66. The van der Waals surface area contributed by atoms with E-state index >= 15 is 0 Å². The van der Waals surface area contributed by atoms with Crippen LogP contribution in [-0.2, 0) is 14.6 Å². The molecule has 1 heterocycles. The Labute approximate surface area is 165 Å². The molecule has 2 aromatic carbocycles. The van der Waals surface area contributed by atoms with Crippen molar-refractivity contribution in [2.75, 3.05) is 36.8 Å². The van der Waals surface area contributed by atoms with Crippen molar-refractivity contribution in [1.82, 2.24) is 4.90 Å². The van der Waals surface area contributed by atoms with Crippen molar-refractivity contribution in [2.45, 2.75) is 18.2 Å². The molecule has 2 aromatic rings. The Balaban J connectivity index is 1.55. The molecule has 3 rings (SSSR count). The number of amides is 1. The summed E-state index contributed by atoms with van der Waals surface area (Å²) in [6.07, 6.45) is 0.00736. The molecule has 0 atom stereocenters. The summed E-state index contributed by atoms with van der Waals surface area (Å²) in [5.74, 6) is -0.277. The number of hydrogen-bond donors (Lipinski definition) is 0. The Bertz CT molecular complexity index is 908. The standard InChI is InChI=1S/C20H23ClN2O3S/c1-16-7-8-17(21)15-19(16)22-10-12-23(13-11-22)20(24)9-14-27(25,26)18-5-3-2-4-6-18/h2-8,15H,9-14H2,1H3. The SMILES string of the molecule is Cc1ccc(Cl)cc1N1CCN(C(=O)CCS(=O)(=O)c2ccccc2)CC1. The van der Waals surface area contributed by atoms with Crippen LogP contribution in [0.5, 0.6) is 0 Å². The summed E-state index contributed by atoms with van der Waals surface area (Å²) in [5.41, 5.74) is 2.23. The topological polar surface area (TPSA) is 57.7 Å². The molecule has 27 heavy (non-hydrogen) atoms. The minimum Gasteiger partial charge on any atom is -0.368 e. The van der Waals surface area contributed by atoms with E-state index < -0.39 is 9.84 Å². The number of piperazine rings is 1. The van der Waals surface area contributed by atoms with Gasteiger partial charge in [-0.15, -0.1) is 0 Å². The van der Waals surface area contributed by atoms with Crippen LogP contribution in [0.3, 0.4) is 0 Å². The van der Waals surface area contributed by atoms with E-state index in [9.17, 15) is 13.2 Å². The normalized spacial score (nSPS) is 15.0. The molecule has 1 aliphatic heterocycles. The van der Waals surface area contributed by atoms with Crippen molar-refractivity contribution in [1.29, 1.82) is 0 Å². The molecule has 0 spiro atoms. The van der Waals surface area contributed by atoms with Crippen LogP contribution >= 0.6 is 11.6 Å². The lowest BCUT2D eigenvalue weighted by molar-refractivity contribution is -0.131. The number of sulfone groups is 1. The quantitative estimate of drug-likeness (QED) is 0.765. The molecule has 144 valence electrons. The van der Waals surface area contributed by atoms with Gasteiger partial charge >= 0.3 is 0 Å². The highest BCUT2D eigenvalue weighted by atomic mass is 35.5. The summed E-state index contributed by atoms with van der Waals surface area (Å²) in [6, 6.07) is 14.1. The molecular formula is C20H23ClN2O3S. The van der Waals surface area contributed by atoms with E-state index in [1.54, 1.807) is 35.2 Å². The van der Waals surface area contributed by atoms with Gasteiger partial charge in [-0.05, 0) is 36.8 Å². The lowest BCUT2D eigenvalue weighted by Gasteiger charge is -2.37. The first-order chi connectivity index (χ1) is 12.9. The average molecular weight is 407 g/mol. The van der Waals surface area contributed by atoms with E-state index in [0.717, 1.165) is 11.3 Å². The zero-order chi connectivity index (χ0) is 19.4. The highest BCUT2D eigenvalue weighted by Crippen LogP contribution is 2.25.